The zero-order chi connectivity index (χ0) is 20.0. The lowest BCUT2D eigenvalue weighted by molar-refractivity contribution is -0.122. The van der Waals surface area contributed by atoms with Crippen LogP contribution in [-0.2, 0) is 14.8 Å². The van der Waals surface area contributed by atoms with Crippen LogP contribution in [0.3, 0.4) is 0 Å². The molecule has 0 bridgehead atoms. The fourth-order valence-corrected chi connectivity index (χ4v) is 4.00. The number of sulfonamides is 1. The monoisotopic (exact) mass is 390 g/mol. The first-order valence-electron chi connectivity index (χ1n) is 8.92. The van der Waals surface area contributed by atoms with E-state index in [9.17, 15) is 13.2 Å². The zero-order valence-corrected chi connectivity index (χ0v) is 16.9. The first kappa shape index (κ1) is 20.9. The summed E-state index contributed by atoms with van der Waals surface area (Å²) in [6, 6.07) is 13.6. The van der Waals surface area contributed by atoms with Gasteiger partial charge in [-0.15, -0.1) is 0 Å². The Morgan fingerprint density at radius 1 is 1.04 bits per heavy atom. The summed E-state index contributed by atoms with van der Waals surface area (Å²) in [7, 11) is -3.51. The number of amides is 1. The molecule has 0 radical (unpaired) electrons. The molecule has 0 aliphatic rings. The van der Waals surface area contributed by atoms with E-state index in [0.717, 1.165) is 5.56 Å². The lowest BCUT2D eigenvalue weighted by Crippen LogP contribution is -2.31. The van der Waals surface area contributed by atoms with E-state index in [4.69, 9.17) is 4.74 Å². The molecule has 0 saturated carbocycles. The van der Waals surface area contributed by atoms with E-state index in [1.165, 1.54) is 16.4 Å². The number of aryl methyl sites for hydroxylation is 1. The second-order valence-corrected chi connectivity index (χ2v) is 8.11. The van der Waals surface area contributed by atoms with Gasteiger partial charge in [0.2, 0.25) is 10.0 Å². The van der Waals surface area contributed by atoms with Crippen molar-refractivity contribution in [2.75, 3.05) is 18.4 Å². The summed E-state index contributed by atoms with van der Waals surface area (Å²) in [6.07, 6.45) is -0.688. The Labute approximate surface area is 161 Å². The number of ether oxygens (including phenoxy) is 1. The lowest BCUT2D eigenvalue weighted by atomic mass is 10.2. The SMILES string of the molecule is CCN(CC)S(=O)(=O)c1ccc(NC(=O)C(C)Oc2ccc(C)cc2)cc1. The molecular weight excluding hydrogens is 364 g/mol. The molecule has 6 nitrogen and oxygen atoms in total. The Hall–Kier alpha value is -2.38. The maximum absolute atomic E-state index is 12.5. The number of nitrogens with one attached hydrogen (secondary N) is 1. The molecule has 0 saturated heterocycles. The van der Waals surface area contributed by atoms with Gasteiger partial charge in [-0.3, -0.25) is 4.79 Å². The molecule has 0 spiro atoms. The number of carbonyl (C=O) groups is 1. The second kappa shape index (κ2) is 9.01. The van der Waals surface area contributed by atoms with Crippen molar-refractivity contribution in [3.63, 3.8) is 0 Å². The average molecular weight is 391 g/mol. The van der Waals surface area contributed by atoms with E-state index in [1.54, 1.807) is 32.9 Å². The fraction of sp³-hybridized carbons (Fsp3) is 0.350. The van der Waals surface area contributed by atoms with Gasteiger partial charge in [-0.1, -0.05) is 31.5 Å². The van der Waals surface area contributed by atoms with E-state index >= 15 is 0 Å². The highest BCUT2D eigenvalue weighted by Crippen LogP contribution is 2.19. The minimum atomic E-state index is -3.51. The van der Waals surface area contributed by atoms with Crippen LogP contribution in [0.2, 0.25) is 0 Å². The summed E-state index contributed by atoms with van der Waals surface area (Å²) in [6.45, 7) is 8.05. The minimum Gasteiger partial charge on any atom is -0.481 e. The number of hydrogen-bond acceptors (Lipinski definition) is 4. The van der Waals surface area contributed by atoms with Gasteiger partial charge in [0.1, 0.15) is 5.75 Å². The third-order valence-corrected chi connectivity index (χ3v) is 6.23. The van der Waals surface area contributed by atoms with Crippen molar-refractivity contribution in [3.8, 4) is 5.75 Å². The van der Waals surface area contributed by atoms with Crippen molar-refractivity contribution >= 4 is 21.6 Å². The molecule has 1 atom stereocenters. The van der Waals surface area contributed by atoms with E-state index in [0.29, 0.717) is 24.5 Å². The van der Waals surface area contributed by atoms with Gasteiger partial charge >= 0.3 is 0 Å². The third-order valence-electron chi connectivity index (χ3n) is 4.17. The second-order valence-electron chi connectivity index (χ2n) is 6.18. The summed E-state index contributed by atoms with van der Waals surface area (Å²) in [4.78, 5) is 12.5. The van der Waals surface area contributed by atoms with Crippen molar-refractivity contribution < 1.29 is 17.9 Å². The van der Waals surface area contributed by atoms with Crippen molar-refractivity contribution in [1.82, 2.24) is 4.31 Å². The van der Waals surface area contributed by atoms with Crippen LogP contribution < -0.4 is 10.1 Å². The molecule has 0 aliphatic heterocycles. The summed E-state index contributed by atoms with van der Waals surface area (Å²) in [5, 5.41) is 2.74. The van der Waals surface area contributed by atoms with Gasteiger partial charge in [0.15, 0.2) is 6.10 Å². The molecule has 1 amide bonds. The maximum Gasteiger partial charge on any atom is 0.265 e. The van der Waals surface area contributed by atoms with E-state index in [-0.39, 0.29) is 10.8 Å². The first-order chi connectivity index (χ1) is 12.8. The molecule has 0 aromatic heterocycles. The quantitative estimate of drug-likeness (QED) is 0.749. The zero-order valence-electron chi connectivity index (χ0n) is 16.1. The van der Waals surface area contributed by atoms with Gasteiger partial charge in [-0.05, 0) is 50.2 Å². The van der Waals surface area contributed by atoms with Crippen molar-refractivity contribution in [2.24, 2.45) is 0 Å². The van der Waals surface area contributed by atoms with Crippen LogP contribution in [0.25, 0.3) is 0 Å². The number of anilines is 1. The summed E-state index contributed by atoms with van der Waals surface area (Å²) in [5.41, 5.74) is 1.62. The van der Waals surface area contributed by atoms with Gasteiger partial charge in [0, 0.05) is 18.8 Å². The van der Waals surface area contributed by atoms with E-state index < -0.39 is 16.1 Å². The number of carbonyl (C=O) groups excluding carboxylic acids is 1. The topological polar surface area (TPSA) is 75.7 Å². The Kier molecular flexibility index (Phi) is 6.98. The van der Waals surface area contributed by atoms with Crippen molar-refractivity contribution in [2.45, 2.75) is 38.7 Å². The Morgan fingerprint density at radius 3 is 2.11 bits per heavy atom. The highest BCUT2D eigenvalue weighted by molar-refractivity contribution is 7.89. The van der Waals surface area contributed by atoms with Crippen LogP contribution in [0, 0.1) is 6.92 Å². The number of benzene rings is 2. The van der Waals surface area contributed by atoms with Crippen LogP contribution in [0.15, 0.2) is 53.4 Å². The predicted molar refractivity (Wildman–Crippen MR) is 106 cm³/mol. The highest BCUT2D eigenvalue weighted by atomic mass is 32.2. The van der Waals surface area contributed by atoms with Crippen LogP contribution in [-0.4, -0.2) is 37.8 Å². The normalized spacial score (nSPS) is 12.6. The largest absolute Gasteiger partial charge is 0.481 e. The fourth-order valence-electron chi connectivity index (χ4n) is 2.54. The number of hydrogen-bond donors (Lipinski definition) is 1. The van der Waals surface area contributed by atoms with Gasteiger partial charge < -0.3 is 10.1 Å². The third kappa shape index (κ3) is 5.30. The lowest BCUT2D eigenvalue weighted by Gasteiger charge is -2.19. The molecule has 2 rings (SSSR count). The first-order valence-corrected chi connectivity index (χ1v) is 10.4. The standard InChI is InChI=1S/C20H26N2O4S/c1-5-22(6-2)27(24,25)19-13-9-17(10-14-19)21-20(23)16(4)26-18-11-7-15(3)8-12-18/h7-14,16H,5-6H2,1-4H3,(H,21,23). The molecule has 1 N–H and O–H groups in total. The molecule has 0 heterocycles. The van der Waals surface area contributed by atoms with E-state index in [2.05, 4.69) is 5.32 Å². The number of rotatable bonds is 8. The summed E-state index contributed by atoms with van der Waals surface area (Å²) in [5.74, 6) is 0.304. The molecule has 0 fully saturated rings. The van der Waals surface area contributed by atoms with Crippen LogP contribution in [0.4, 0.5) is 5.69 Å². The van der Waals surface area contributed by atoms with Crippen LogP contribution >= 0.6 is 0 Å². The molecule has 146 valence electrons. The Balaban J connectivity index is 2.03. The molecule has 7 heteroatoms. The minimum absolute atomic E-state index is 0.202. The van der Waals surface area contributed by atoms with Gasteiger partial charge in [-0.25, -0.2) is 8.42 Å². The Bertz CT molecular complexity index is 858. The van der Waals surface area contributed by atoms with E-state index in [1.807, 2.05) is 31.2 Å². The molecule has 1 unspecified atom stereocenters. The predicted octanol–water partition coefficient (Wildman–Crippen LogP) is 3.43. The van der Waals surface area contributed by atoms with Crippen LogP contribution in [0.1, 0.15) is 26.3 Å². The van der Waals surface area contributed by atoms with Crippen molar-refractivity contribution in [1.29, 1.82) is 0 Å². The van der Waals surface area contributed by atoms with Crippen molar-refractivity contribution in [3.05, 3.63) is 54.1 Å². The number of nitrogens with zero attached hydrogens (tertiary/aromatic N) is 1. The molecular formula is C20H26N2O4S. The molecule has 0 aliphatic carbocycles. The maximum atomic E-state index is 12.5. The summed E-state index contributed by atoms with van der Waals surface area (Å²) >= 11 is 0. The average Bonchev–Trinajstić information content (AvgIpc) is 2.64. The molecule has 2 aromatic rings. The van der Waals surface area contributed by atoms with Gasteiger partial charge in [0.05, 0.1) is 4.90 Å². The van der Waals surface area contributed by atoms with Gasteiger partial charge in [-0.2, -0.15) is 4.31 Å². The Morgan fingerprint density at radius 2 is 1.59 bits per heavy atom. The van der Waals surface area contributed by atoms with Crippen LogP contribution in [0.5, 0.6) is 5.75 Å². The smallest absolute Gasteiger partial charge is 0.265 e. The highest BCUT2D eigenvalue weighted by Gasteiger charge is 2.21. The molecule has 2 aromatic carbocycles. The molecule has 27 heavy (non-hydrogen) atoms. The summed E-state index contributed by atoms with van der Waals surface area (Å²) < 4.78 is 32.0. The van der Waals surface area contributed by atoms with Gasteiger partial charge in [0.25, 0.3) is 5.91 Å².